The zero-order valence-corrected chi connectivity index (χ0v) is 18.9. The van der Waals surface area contributed by atoms with E-state index in [2.05, 4.69) is 39.3 Å². The normalized spacial score (nSPS) is 28.1. The van der Waals surface area contributed by atoms with Crippen LogP contribution in [0.25, 0.3) is 0 Å². The molecule has 2 unspecified atom stereocenters. The molecule has 7 nitrogen and oxygen atoms in total. The van der Waals surface area contributed by atoms with E-state index in [9.17, 15) is 0 Å². The van der Waals surface area contributed by atoms with Gasteiger partial charge in [0.25, 0.3) is 0 Å². The molecule has 2 saturated heterocycles. The number of morpholine rings is 2. The van der Waals surface area contributed by atoms with Gasteiger partial charge in [0, 0.05) is 63.8 Å². The van der Waals surface area contributed by atoms with E-state index in [1.165, 1.54) is 38.6 Å². The van der Waals surface area contributed by atoms with Gasteiger partial charge in [0.15, 0.2) is 5.96 Å². The second-order valence-corrected chi connectivity index (χ2v) is 9.27. The van der Waals surface area contributed by atoms with E-state index < -0.39 is 0 Å². The Morgan fingerprint density at radius 1 is 1.07 bits per heavy atom. The highest BCUT2D eigenvalue weighted by atomic mass is 16.5. The van der Waals surface area contributed by atoms with E-state index in [1.807, 2.05) is 7.05 Å². The number of guanidine groups is 1. The molecule has 3 aliphatic rings. The molecule has 0 aromatic heterocycles. The van der Waals surface area contributed by atoms with Gasteiger partial charge in [0.2, 0.25) is 0 Å². The quantitative estimate of drug-likeness (QED) is 0.491. The van der Waals surface area contributed by atoms with Gasteiger partial charge in [-0.1, -0.05) is 19.3 Å². The molecule has 1 saturated carbocycles. The number of aliphatic imine (C=N–C) groups is 1. The van der Waals surface area contributed by atoms with Gasteiger partial charge >= 0.3 is 0 Å². The molecule has 0 amide bonds. The molecule has 2 atom stereocenters. The van der Waals surface area contributed by atoms with Gasteiger partial charge < -0.3 is 20.1 Å². The lowest BCUT2D eigenvalue weighted by Gasteiger charge is -2.42. The van der Waals surface area contributed by atoms with Gasteiger partial charge in [-0.25, -0.2) is 0 Å². The lowest BCUT2D eigenvalue weighted by Crippen LogP contribution is -2.54. The van der Waals surface area contributed by atoms with Crippen LogP contribution >= 0.6 is 0 Å². The number of nitrogens with one attached hydrogen (secondary N) is 2. The van der Waals surface area contributed by atoms with Crippen LogP contribution in [0.4, 0.5) is 0 Å². The smallest absolute Gasteiger partial charge is 0.191 e. The molecular weight excluding hydrogens is 366 g/mol. The lowest BCUT2D eigenvalue weighted by atomic mass is 9.73. The second kappa shape index (κ2) is 11.5. The Labute approximate surface area is 177 Å². The highest BCUT2D eigenvalue weighted by Gasteiger charge is 2.34. The molecule has 0 aromatic rings. The fraction of sp³-hybridized carbons (Fsp3) is 0.955. The molecule has 29 heavy (non-hydrogen) atoms. The largest absolute Gasteiger partial charge is 0.379 e. The predicted molar refractivity (Wildman–Crippen MR) is 119 cm³/mol. The van der Waals surface area contributed by atoms with Crippen molar-refractivity contribution in [2.75, 3.05) is 72.7 Å². The van der Waals surface area contributed by atoms with Crippen LogP contribution in [0, 0.1) is 5.41 Å². The number of hydrogen-bond acceptors (Lipinski definition) is 5. The van der Waals surface area contributed by atoms with Crippen molar-refractivity contribution in [3.8, 4) is 0 Å². The number of hydrogen-bond donors (Lipinski definition) is 2. The van der Waals surface area contributed by atoms with E-state index in [-0.39, 0.29) is 0 Å². The summed E-state index contributed by atoms with van der Waals surface area (Å²) in [5, 5.41) is 7.25. The lowest BCUT2D eigenvalue weighted by molar-refractivity contribution is -0.0174. The van der Waals surface area contributed by atoms with Crippen LogP contribution < -0.4 is 10.6 Å². The first-order valence-electron chi connectivity index (χ1n) is 11.7. The fourth-order valence-corrected chi connectivity index (χ4v) is 5.17. The Balaban J connectivity index is 1.49. The summed E-state index contributed by atoms with van der Waals surface area (Å²) in [6, 6.07) is 0.944. The molecule has 1 aliphatic carbocycles. The first-order valence-corrected chi connectivity index (χ1v) is 11.7. The molecule has 2 aliphatic heterocycles. The third-order valence-corrected chi connectivity index (χ3v) is 6.98. The van der Waals surface area contributed by atoms with Crippen LogP contribution in [0.2, 0.25) is 0 Å². The maximum atomic E-state index is 5.58. The Bertz CT molecular complexity index is 503. The molecule has 0 bridgehead atoms. The van der Waals surface area contributed by atoms with Gasteiger partial charge in [-0.05, 0) is 26.7 Å². The summed E-state index contributed by atoms with van der Waals surface area (Å²) in [4.78, 5) is 9.64. The minimum absolute atomic E-state index is 0.359. The first-order chi connectivity index (χ1) is 14.1. The summed E-state index contributed by atoms with van der Waals surface area (Å²) >= 11 is 0. The van der Waals surface area contributed by atoms with Crippen molar-refractivity contribution in [2.24, 2.45) is 10.4 Å². The summed E-state index contributed by atoms with van der Waals surface area (Å²) in [6.45, 7) is 14.2. The third-order valence-electron chi connectivity index (χ3n) is 6.98. The Morgan fingerprint density at radius 2 is 1.79 bits per heavy atom. The van der Waals surface area contributed by atoms with Crippen molar-refractivity contribution in [2.45, 2.75) is 58.0 Å². The van der Waals surface area contributed by atoms with Crippen LogP contribution in [-0.2, 0) is 9.47 Å². The topological polar surface area (TPSA) is 61.4 Å². The molecule has 7 heteroatoms. The minimum atomic E-state index is 0.359. The Morgan fingerprint density at radius 3 is 2.48 bits per heavy atom. The van der Waals surface area contributed by atoms with Crippen molar-refractivity contribution in [3.05, 3.63) is 0 Å². The van der Waals surface area contributed by atoms with Gasteiger partial charge in [0.1, 0.15) is 0 Å². The fourth-order valence-electron chi connectivity index (χ4n) is 5.17. The molecule has 0 aromatic carbocycles. The van der Waals surface area contributed by atoms with Crippen molar-refractivity contribution >= 4 is 5.96 Å². The summed E-state index contributed by atoms with van der Waals surface area (Å²) < 4.78 is 11.1. The van der Waals surface area contributed by atoms with Crippen LogP contribution in [0.3, 0.4) is 0 Å². The van der Waals surface area contributed by atoms with Gasteiger partial charge in [-0.3, -0.25) is 14.8 Å². The van der Waals surface area contributed by atoms with E-state index in [1.54, 1.807) is 0 Å². The highest BCUT2D eigenvalue weighted by molar-refractivity contribution is 5.79. The number of rotatable bonds is 7. The van der Waals surface area contributed by atoms with Gasteiger partial charge in [-0.15, -0.1) is 0 Å². The average Bonchev–Trinajstić information content (AvgIpc) is 2.75. The zero-order valence-electron chi connectivity index (χ0n) is 18.9. The molecule has 168 valence electrons. The van der Waals surface area contributed by atoms with Crippen LogP contribution in [0.15, 0.2) is 4.99 Å². The minimum Gasteiger partial charge on any atom is -0.379 e. The van der Waals surface area contributed by atoms with Gasteiger partial charge in [-0.2, -0.15) is 0 Å². The van der Waals surface area contributed by atoms with Crippen LogP contribution in [0.5, 0.6) is 0 Å². The van der Waals surface area contributed by atoms with Crippen LogP contribution in [0.1, 0.15) is 46.0 Å². The van der Waals surface area contributed by atoms with E-state index in [0.717, 1.165) is 65.1 Å². The molecular formula is C22H43N5O2. The zero-order chi connectivity index (χ0) is 20.5. The summed E-state index contributed by atoms with van der Waals surface area (Å²) in [5.41, 5.74) is 0.359. The molecule has 2 heterocycles. The Hall–Kier alpha value is -0.890. The van der Waals surface area contributed by atoms with Crippen molar-refractivity contribution in [3.63, 3.8) is 0 Å². The van der Waals surface area contributed by atoms with Gasteiger partial charge in [0.05, 0.1) is 26.4 Å². The summed E-state index contributed by atoms with van der Waals surface area (Å²) in [5.74, 6) is 0.935. The SMILES string of the molecule is CN=C(NCC(C)N1CCOCC1C)NCC1(CN2CCOCC2)CCCCC1. The second-order valence-electron chi connectivity index (χ2n) is 9.27. The molecule has 0 radical (unpaired) electrons. The maximum Gasteiger partial charge on any atom is 0.191 e. The third kappa shape index (κ3) is 6.81. The van der Waals surface area contributed by atoms with Crippen molar-refractivity contribution in [1.29, 1.82) is 0 Å². The number of nitrogens with zero attached hydrogens (tertiary/aromatic N) is 3. The summed E-state index contributed by atoms with van der Waals surface area (Å²) in [6.07, 6.45) is 6.72. The maximum absolute atomic E-state index is 5.58. The van der Waals surface area contributed by atoms with Crippen LogP contribution in [-0.4, -0.2) is 101 Å². The van der Waals surface area contributed by atoms with Crippen molar-refractivity contribution < 1.29 is 9.47 Å². The average molecular weight is 410 g/mol. The van der Waals surface area contributed by atoms with E-state index >= 15 is 0 Å². The molecule has 3 rings (SSSR count). The molecule has 2 N–H and O–H groups in total. The van der Waals surface area contributed by atoms with E-state index in [4.69, 9.17) is 9.47 Å². The summed E-state index contributed by atoms with van der Waals surface area (Å²) in [7, 11) is 1.88. The highest BCUT2D eigenvalue weighted by Crippen LogP contribution is 2.36. The predicted octanol–water partition coefficient (Wildman–Crippen LogP) is 1.54. The molecule has 0 spiro atoms. The number of ether oxygens (including phenoxy) is 2. The van der Waals surface area contributed by atoms with Crippen molar-refractivity contribution in [1.82, 2.24) is 20.4 Å². The molecule has 3 fully saturated rings. The first kappa shape index (κ1) is 22.8. The Kier molecular flexibility index (Phi) is 9.03. The monoisotopic (exact) mass is 409 g/mol. The van der Waals surface area contributed by atoms with E-state index in [0.29, 0.717) is 17.5 Å². The standard InChI is InChI=1S/C22H43N5O2/c1-19(27-11-14-29-16-20(27)2)15-24-21(23-3)25-17-22(7-5-4-6-8-22)18-26-9-12-28-13-10-26/h19-20H,4-18H2,1-3H3,(H2,23,24,25).